The first kappa shape index (κ1) is 25.9. The molecule has 2 heterocycles. The Kier molecular flexibility index (Phi) is 7.33. The Morgan fingerprint density at radius 1 is 1.03 bits per heavy atom. The van der Waals surface area contributed by atoms with Gasteiger partial charge in [-0.25, -0.2) is 14.0 Å². The summed E-state index contributed by atoms with van der Waals surface area (Å²) in [6, 6.07) is 10.6. The fraction of sp³-hybridized carbons (Fsp3) is 0.321. The van der Waals surface area contributed by atoms with E-state index in [2.05, 4.69) is 4.98 Å². The predicted octanol–water partition coefficient (Wildman–Crippen LogP) is 4.59. The third-order valence-electron chi connectivity index (χ3n) is 6.08. The van der Waals surface area contributed by atoms with Gasteiger partial charge in [0.2, 0.25) is 0 Å². The lowest BCUT2D eigenvalue weighted by Crippen LogP contribution is -2.36. The van der Waals surface area contributed by atoms with Crippen molar-refractivity contribution in [3.63, 3.8) is 0 Å². The number of esters is 2. The molecule has 37 heavy (non-hydrogen) atoms. The van der Waals surface area contributed by atoms with Crippen LogP contribution >= 0.6 is 0 Å². The molecule has 2 aromatic carbocycles. The number of nitrogens with one attached hydrogen (secondary N) is 1. The molecule has 0 radical (unpaired) electrons. The lowest BCUT2D eigenvalue weighted by Gasteiger charge is -2.29. The zero-order chi connectivity index (χ0) is 26.7. The number of rotatable bonds is 7. The minimum Gasteiger partial charge on any atom is -0.482 e. The first-order chi connectivity index (χ1) is 17.6. The molecular formula is C28H29FN2O6. The van der Waals surface area contributed by atoms with Gasteiger partial charge in [0, 0.05) is 40.7 Å². The summed E-state index contributed by atoms with van der Waals surface area (Å²) in [4.78, 5) is 42.9. The third-order valence-corrected chi connectivity index (χ3v) is 6.08. The average molecular weight is 509 g/mol. The maximum atomic E-state index is 13.4. The van der Waals surface area contributed by atoms with Crippen LogP contribution in [0.1, 0.15) is 49.3 Å². The van der Waals surface area contributed by atoms with E-state index in [1.54, 1.807) is 26.0 Å². The molecule has 4 rings (SSSR count). The SMILES string of the molecule is CCOC(=O)COc1ccc2c3c([nH]c2c1)C(C(=O)OCC)=CN(C(=O)c1ccc(F)cc1)CC3(C)C. The van der Waals surface area contributed by atoms with E-state index in [1.807, 2.05) is 19.9 Å². The number of nitrogens with zero attached hydrogens (tertiary/aromatic N) is 1. The second-order valence-corrected chi connectivity index (χ2v) is 9.26. The van der Waals surface area contributed by atoms with E-state index < -0.39 is 23.2 Å². The maximum absolute atomic E-state index is 13.4. The largest absolute Gasteiger partial charge is 0.482 e. The maximum Gasteiger partial charge on any atom is 0.344 e. The summed E-state index contributed by atoms with van der Waals surface area (Å²) in [5.41, 5.74) is 1.98. The van der Waals surface area contributed by atoms with Crippen LogP contribution in [-0.2, 0) is 24.5 Å². The Balaban J connectivity index is 1.78. The summed E-state index contributed by atoms with van der Waals surface area (Å²) in [5, 5.41) is 0.842. The van der Waals surface area contributed by atoms with Gasteiger partial charge in [-0.3, -0.25) is 4.79 Å². The fourth-order valence-electron chi connectivity index (χ4n) is 4.54. The van der Waals surface area contributed by atoms with Crippen molar-refractivity contribution in [3.05, 3.63) is 71.3 Å². The zero-order valence-corrected chi connectivity index (χ0v) is 21.2. The third kappa shape index (κ3) is 5.35. The Hall–Kier alpha value is -4.14. The molecule has 0 bridgehead atoms. The number of aromatic amines is 1. The van der Waals surface area contributed by atoms with Crippen molar-refractivity contribution < 1.29 is 33.0 Å². The fourth-order valence-corrected chi connectivity index (χ4v) is 4.54. The molecule has 9 heteroatoms. The van der Waals surface area contributed by atoms with Crippen molar-refractivity contribution in [2.45, 2.75) is 33.1 Å². The highest BCUT2D eigenvalue weighted by Crippen LogP contribution is 2.41. The minimum atomic E-state index is -0.596. The number of carbonyl (C=O) groups is 3. The van der Waals surface area contributed by atoms with E-state index in [0.717, 1.165) is 10.9 Å². The van der Waals surface area contributed by atoms with Gasteiger partial charge < -0.3 is 24.1 Å². The number of halogens is 1. The number of H-pyrrole nitrogens is 1. The highest BCUT2D eigenvalue weighted by molar-refractivity contribution is 6.18. The average Bonchev–Trinajstić information content (AvgIpc) is 3.19. The summed E-state index contributed by atoms with van der Waals surface area (Å²) >= 11 is 0. The van der Waals surface area contributed by atoms with E-state index in [-0.39, 0.29) is 37.8 Å². The van der Waals surface area contributed by atoms with Crippen molar-refractivity contribution in [1.82, 2.24) is 9.88 Å². The number of benzene rings is 2. The van der Waals surface area contributed by atoms with Gasteiger partial charge in [-0.05, 0) is 55.8 Å². The predicted molar refractivity (Wildman–Crippen MR) is 135 cm³/mol. The number of hydrogen-bond donors (Lipinski definition) is 1. The summed E-state index contributed by atoms with van der Waals surface area (Å²) in [5.74, 6) is -1.39. The van der Waals surface area contributed by atoms with Crippen LogP contribution in [0, 0.1) is 5.82 Å². The summed E-state index contributed by atoms with van der Waals surface area (Å²) < 4.78 is 29.2. The van der Waals surface area contributed by atoms with Crippen LogP contribution in [0.15, 0.2) is 48.7 Å². The Labute approximate surface area is 214 Å². The van der Waals surface area contributed by atoms with Crippen LogP contribution in [0.2, 0.25) is 0 Å². The van der Waals surface area contributed by atoms with Gasteiger partial charge in [-0.15, -0.1) is 0 Å². The molecular weight excluding hydrogens is 479 g/mol. The van der Waals surface area contributed by atoms with Crippen LogP contribution in [0.3, 0.4) is 0 Å². The van der Waals surface area contributed by atoms with Crippen molar-refractivity contribution in [2.24, 2.45) is 0 Å². The molecule has 194 valence electrons. The van der Waals surface area contributed by atoms with Crippen LogP contribution in [-0.4, -0.2) is 54.1 Å². The van der Waals surface area contributed by atoms with Crippen LogP contribution < -0.4 is 4.74 Å². The van der Waals surface area contributed by atoms with Gasteiger partial charge in [0.1, 0.15) is 11.6 Å². The molecule has 0 saturated heterocycles. The molecule has 1 aromatic heterocycles. The van der Waals surface area contributed by atoms with Crippen LogP contribution in [0.5, 0.6) is 5.75 Å². The molecule has 0 fully saturated rings. The monoisotopic (exact) mass is 508 g/mol. The standard InChI is InChI=1S/C28H29FN2O6/c1-5-35-23(32)15-37-19-11-12-20-22(13-19)30-25-21(27(34)36-6-2)14-31(16-28(3,4)24(20)25)26(33)17-7-9-18(29)10-8-17/h7-14,30H,5-6,15-16H2,1-4H3. The first-order valence-corrected chi connectivity index (χ1v) is 12.0. The number of amides is 1. The number of fused-ring (bicyclic) bond motifs is 3. The highest BCUT2D eigenvalue weighted by Gasteiger charge is 2.37. The zero-order valence-electron chi connectivity index (χ0n) is 21.2. The molecule has 3 aromatic rings. The van der Waals surface area contributed by atoms with Crippen LogP contribution in [0.4, 0.5) is 4.39 Å². The molecule has 8 nitrogen and oxygen atoms in total. The lowest BCUT2D eigenvalue weighted by molar-refractivity contribution is -0.145. The van der Waals surface area contributed by atoms with Crippen molar-refractivity contribution in [2.75, 3.05) is 26.4 Å². The Morgan fingerprint density at radius 3 is 2.41 bits per heavy atom. The number of hydrogen-bond acceptors (Lipinski definition) is 6. The number of carbonyl (C=O) groups excluding carboxylic acids is 3. The van der Waals surface area contributed by atoms with E-state index >= 15 is 0 Å². The Morgan fingerprint density at radius 2 is 1.73 bits per heavy atom. The van der Waals surface area contributed by atoms with Crippen molar-refractivity contribution in [3.8, 4) is 5.75 Å². The normalized spacial score (nSPS) is 14.4. The van der Waals surface area contributed by atoms with Gasteiger partial charge >= 0.3 is 11.9 Å². The van der Waals surface area contributed by atoms with Crippen molar-refractivity contribution >= 4 is 34.3 Å². The summed E-state index contributed by atoms with van der Waals surface area (Å²) in [7, 11) is 0. The molecule has 0 saturated carbocycles. The summed E-state index contributed by atoms with van der Waals surface area (Å²) in [6.07, 6.45) is 1.49. The number of ether oxygens (including phenoxy) is 3. The minimum absolute atomic E-state index is 0.160. The van der Waals surface area contributed by atoms with E-state index in [4.69, 9.17) is 14.2 Å². The molecule has 1 aliphatic heterocycles. The van der Waals surface area contributed by atoms with Gasteiger partial charge in [0.15, 0.2) is 6.61 Å². The van der Waals surface area contributed by atoms with E-state index in [9.17, 15) is 18.8 Å². The highest BCUT2D eigenvalue weighted by atomic mass is 19.1. The van der Waals surface area contributed by atoms with Crippen molar-refractivity contribution in [1.29, 1.82) is 0 Å². The molecule has 0 unspecified atom stereocenters. The van der Waals surface area contributed by atoms with Gasteiger partial charge in [-0.2, -0.15) is 0 Å². The second-order valence-electron chi connectivity index (χ2n) is 9.26. The molecule has 0 atom stereocenters. The van der Waals surface area contributed by atoms with Gasteiger partial charge in [-0.1, -0.05) is 13.8 Å². The van der Waals surface area contributed by atoms with E-state index in [1.165, 1.54) is 35.4 Å². The number of aromatic nitrogens is 1. The Bertz CT molecular complexity index is 1370. The van der Waals surface area contributed by atoms with Gasteiger partial charge in [0.25, 0.3) is 5.91 Å². The molecule has 1 amide bonds. The van der Waals surface area contributed by atoms with Crippen LogP contribution in [0.25, 0.3) is 16.5 Å². The first-order valence-electron chi connectivity index (χ1n) is 12.0. The molecule has 1 aliphatic rings. The summed E-state index contributed by atoms with van der Waals surface area (Å²) in [6.45, 7) is 7.86. The molecule has 0 spiro atoms. The molecule has 0 aliphatic carbocycles. The topological polar surface area (TPSA) is 97.9 Å². The second kappa shape index (κ2) is 10.5. The molecule has 1 N–H and O–H groups in total. The lowest BCUT2D eigenvalue weighted by atomic mass is 9.81. The van der Waals surface area contributed by atoms with Gasteiger partial charge in [0.05, 0.1) is 24.5 Å². The quantitative estimate of drug-likeness (QED) is 0.469. The smallest absolute Gasteiger partial charge is 0.344 e. The van der Waals surface area contributed by atoms with E-state index in [0.29, 0.717) is 22.5 Å².